The van der Waals surface area contributed by atoms with E-state index in [-0.39, 0.29) is 22.7 Å². The van der Waals surface area contributed by atoms with E-state index < -0.39 is 0 Å². The van der Waals surface area contributed by atoms with Crippen molar-refractivity contribution in [1.82, 2.24) is 0 Å². The number of ether oxygens (including phenoxy) is 1. The van der Waals surface area contributed by atoms with E-state index in [0.29, 0.717) is 6.61 Å². The number of carbonyl (C=O) groups is 1. The predicted octanol–water partition coefficient (Wildman–Crippen LogP) is 2.32. The smallest absolute Gasteiger partial charge is 0.310 e. The van der Waals surface area contributed by atoms with Crippen LogP contribution in [0.25, 0.3) is 0 Å². The van der Waals surface area contributed by atoms with Gasteiger partial charge in [0.25, 0.3) is 0 Å². The standard InChI is InChI=1S/C12H16O2/c1-4-14-10(13)9-11(2,3)12(9)7-5-6-8-12/h5-9H,4H2,1-3H3. The number of rotatable bonds is 2. The number of esters is 1. The van der Waals surface area contributed by atoms with E-state index in [2.05, 4.69) is 26.0 Å². The average molecular weight is 192 g/mol. The molecule has 1 saturated carbocycles. The molecule has 0 bridgehead atoms. The molecule has 2 aliphatic rings. The Labute approximate surface area is 84.6 Å². The quantitative estimate of drug-likeness (QED) is 0.628. The third-order valence-corrected chi connectivity index (χ3v) is 3.61. The molecule has 0 aliphatic heterocycles. The molecule has 0 aromatic rings. The third kappa shape index (κ3) is 0.941. The molecular formula is C12H16O2. The van der Waals surface area contributed by atoms with Crippen LogP contribution >= 0.6 is 0 Å². The van der Waals surface area contributed by atoms with Gasteiger partial charge < -0.3 is 4.74 Å². The molecule has 0 aromatic carbocycles. The van der Waals surface area contributed by atoms with Crippen molar-refractivity contribution >= 4 is 5.97 Å². The highest BCUT2D eigenvalue weighted by atomic mass is 16.5. The van der Waals surface area contributed by atoms with Crippen molar-refractivity contribution in [2.24, 2.45) is 16.7 Å². The maximum atomic E-state index is 11.7. The fraction of sp³-hybridized carbons (Fsp3) is 0.583. The van der Waals surface area contributed by atoms with Crippen LogP contribution < -0.4 is 0 Å². The van der Waals surface area contributed by atoms with Crippen LogP contribution in [0.3, 0.4) is 0 Å². The molecule has 0 saturated heterocycles. The highest BCUT2D eigenvalue weighted by Crippen LogP contribution is 2.72. The lowest BCUT2D eigenvalue weighted by molar-refractivity contribution is -0.145. The van der Waals surface area contributed by atoms with E-state index in [1.54, 1.807) is 0 Å². The molecule has 2 aliphatic carbocycles. The predicted molar refractivity (Wildman–Crippen MR) is 54.6 cm³/mol. The Balaban J connectivity index is 2.20. The summed E-state index contributed by atoms with van der Waals surface area (Å²) in [6, 6.07) is 0. The summed E-state index contributed by atoms with van der Waals surface area (Å²) in [5.74, 6) is -0.0568. The van der Waals surface area contributed by atoms with Crippen LogP contribution in [0.4, 0.5) is 0 Å². The molecule has 2 nitrogen and oxygen atoms in total. The minimum Gasteiger partial charge on any atom is -0.466 e. The molecule has 0 amide bonds. The molecule has 0 radical (unpaired) electrons. The van der Waals surface area contributed by atoms with E-state index in [1.807, 2.05) is 19.1 Å². The van der Waals surface area contributed by atoms with E-state index in [4.69, 9.17) is 4.74 Å². The van der Waals surface area contributed by atoms with Crippen LogP contribution in [-0.4, -0.2) is 12.6 Å². The highest BCUT2D eigenvalue weighted by Gasteiger charge is 2.72. The van der Waals surface area contributed by atoms with Gasteiger partial charge in [-0.1, -0.05) is 38.2 Å². The van der Waals surface area contributed by atoms with Crippen molar-refractivity contribution in [2.75, 3.05) is 6.61 Å². The van der Waals surface area contributed by atoms with Gasteiger partial charge in [-0.05, 0) is 12.3 Å². The van der Waals surface area contributed by atoms with Gasteiger partial charge in [0.1, 0.15) is 0 Å². The normalized spacial score (nSPS) is 29.5. The van der Waals surface area contributed by atoms with Gasteiger partial charge in [0.2, 0.25) is 0 Å². The number of allylic oxidation sites excluding steroid dienone is 4. The molecule has 0 N–H and O–H groups in total. The first-order valence-electron chi connectivity index (χ1n) is 5.10. The Morgan fingerprint density at radius 3 is 2.43 bits per heavy atom. The molecular weight excluding hydrogens is 176 g/mol. The van der Waals surface area contributed by atoms with Crippen molar-refractivity contribution < 1.29 is 9.53 Å². The molecule has 0 heterocycles. The lowest BCUT2D eigenvalue weighted by atomic mass is 9.98. The number of hydrogen-bond acceptors (Lipinski definition) is 2. The summed E-state index contributed by atoms with van der Waals surface area (Å²) in [6.07, 6.45) is 8.27. The first-order chi connectivity index (χ1) is 6.56. The molecule has 1 unspecified atom stereocenters. The van der Waals surface area contributed by atoms with Crippen LogP contribution in [-0.2, 0) is 9.53 Å². The van der Waals surface area contributed by atoms with Crippen LogP contribution in [0.2, 0.25) is 0 Å². The lowest BCUT2D eigenvalue weighted by Crippen LogP contribution is -2.11. The Morgan fingerprint density at radius 2 is 1.93 bits per heavy atom. The van der Waals surface area contributed by atoms with Gasteiger partial charge in [-0.3, -0.25) is 4.79 Å². The van der Waals surface area contributed by atoms with Crippen molar-refractivity contribution in [2.45, 2.75) is 20.8 Å². The molecule has 1 fully saturated rings. The van der Waals surface area contributed by atoms with Gasteiger partial charge in [-0.15, -0.1) is 0 Å². The SMILES string of the molecule is CCOC(=O)C1C(C)(C)C12C=CC=C2. The molecule has 14 heavy (non-hydrogen) atoms. The summed E-state index contributed by atoms with van der Waals surface area (Å²) in [5, 5.41) is 0. The van der Waals surface area contributed by atoms with Gasteiger partial charge >= 0.3 is 5.97 Å². The zero-order valence-corrected chi connectivity index (χ0v) is 8.91. The van der Waals surface area contributed by atoms with Gasteiger partial charge in [0.05, 0.1) is 12.5 Å². The molecule has 2 rings (SSSR count). The fourth-order valence-electron chi connectivity index (χ4n) is 2.65. The summed E-state index contributed by atoms with van der Waals surface area (Å²) < 4.78 is 5.08. The second kappa shape index (κ2) is 2.72. The largest absolute Gasteiger partial charge is 0.466 e. The van der Waals surface area contributed by atoms with E-state index >= 15 is 0 Å². The van der Waals surface area contributed by atoms with Crippen molar-refractivity contribution in [3.05, 3.63) is 24.3 Å². The first kappa shape index (κ1) is 9.50. The summed E-state index contributed by atoms with van der Waals surface area (Å²) >= 11 is 0. The fourth-order valence-corrected chi connectivity index (χ4v) is 2.65. The van der Waals surface area contributed by atoms with Gasteiger partial charge in [-0.25, -0.2) is 0 Å². The summed E-state index contributed by atoms with van der Waals surface area (Å²) in [5.41, 5.74) is -0.0397. The Hall–Kier alpha value is -1.05. The Bertz CT molecular complexity index is 311. The maximum Gasteiger partial charge on any atom is 0.310 e. The minimum absolute atomic E-state index is 0.00458. The van der Waals surface area contributed by atoms with Crippen molar-refractivity contribution in [3.8, 4) is 0 Å². The van der Waals surface area contributed by atoms with Crippen LogP contribution in [0.1, 0.15) is 20.8 Å². The Kier molecular flexibility index (Phi) is 1.85. The van der Waals surface area contributed by atoms with Crippen LogP contribution in [0, 0.1) is 16.7 Å². The number of carbonyl (C=O) groups excluding carboxylic acids is 1. The van der Waals surface area contributed by atoms with Crippen LogP contribution in [0.15, 0.2) is 24.3 Å². The first-order valence-corrected chi connectivity index (χ1v) is 5.10. The molecule has 0 aromatic heterocycles. The summed E-state index contributed by atoms with van der Waals surface area (Å²) in [7, 11) is 0. The van der Waals surface area contributed by atoms with Gasteiger partial charge in [0, 0.05) is 5.41 Å². The molecule has 76 valence electrons. The Morgan fingerprint density at radius 1 is 1.36 bits per heavy atom. The summed E-state index contributed by atoms with van der Waals surface area (Å²) in [4.78, 5) is 11.7. The van der Waals surface area contributed by atoms with E-state index in [0.717, 1.165) is 0 Å². The molecule has 1 spiro atoms. The van der Waals surface area contributed by atoms with Crippen molar-refractivity contribution in [3.63, 3.8) is 0 Å². The highest BCUT2D eigenvalue weighted by molar-refractivity contribution is 5.81. The minimum atomic E-state index is -0.0614. The zero-order valence-electron chi connectivity index (χ0n) is 8.91. The van der Waals surface area contributed by atoms with Crippen LogP contribution in [0.5, 0.6) is 0 Å². The topological polar surface area (TPSA) is 26.3 Å². The zero-order chi connectivity index (χ0) is 10.4. The number of hydrogen-bond donors (Lipinski definition) is 0. The second-order valence-electron chi connectivity index (χ2n) is 4.56. The second-order valence-corrected chi connectivity index (χ2v) is 4.56. The molecule has 2 heteroatoms. The maximum absolute atomic E-state index is 11.7. The monoisotopic (exact) mass is 192 g/mol. The van der Waals surface area contributed by atoms with Crippen molar-refractivity contribution in [1.29, 1.82) is 0 Å². The van der Waals surface area contributed by atoms with Gasteiger partial charge in [0.15, 0.2) is 0 Å². The summed E-state index contributed by atoms with van der Waals surface area (Å²) in [6.45, 7) is 6.55. The average Bonchev–Trinajstić information content (AvgIpc) is 2.51. The van der Waals surface area contributed by atoms with E-state index in [1.165, 1.54) is 0 Å². The van der Waals surface area contributed by atoms with Gasteiger partial charge in [-0.2, -0.15) is 0 Å². The van der Waals surface area contributed by atoms with E-state index in [9.17, 15) is 4.79 Å². The molecule has 1 atom stereocenters. The lowest BCUT2D eigenvalue weighted by Gasteiger charge is -2.05. The third-order valence-electron chi connectivity index (χ3n) is 3.61.